The van der Waals surface area contributed by atoms with Gasteiger partial charge in [-0.3, -0.25) is 0 Å². The lowest BCUT2D eigenvalue weighted by molar-refractivity contribution is 0.210. The number of hydrogen-bond donors (Lipinski definition) is 1. The molecule has 0 radical (unpaired) electrons. The van der Waals surface area contributed by atoms with Crippen molar-refractivity contribution in [3.63, 3.8) is 0 Å². The van der Waals surface area contributed by atoms with Crippen molar-refractivity contribution in [1.82, 2.24) is 9.78 Å². The minimum Gasteiger partial charge on any atom is -0.399 e. The molecule has 0 saturated heterocycles. The summed E-state index contributed by atoms with van der Waals surface area (Å²) in [5.41, 5.74) is 4.86. The van der Waals surface area contributed by atoms with E-state index in [4.69, 9.17) is 16.4 Å². The molecule has 6 nitrogen and oxygen atoms in total. The van der Waals surface area contributed by atoms with Crippen molar-refractivity contribution in [2.45, 2.75) is 30.9 Å². The predicted octanol–water partition coefficient (Wildman–Crippen LogP) is 6.39. The van der Waals surface area contributed by atoms with Crippen LogP contribution in [0.1, 0.15) is 31.4 Å². The Morgan fingerprint density at radius 3 is 2.71 bits per heavy atom. The van der Waals surface area contributed by atoms with Gasteiger partial charge < -0.3 is 10.2 Å². The number of oxime groups is 1. The van der Waals surface area contributed by atoms with Crippen LogP contribution in [0.3, 0.4) is 0 Å². The van der Waals surface area contributed by atoms with E-state index in [9.17, 15) is 4.79 Å². The molecule has 1 aliphatic rings. The van der Waals surface area contributed by atoms with Gasteiger partial charge in [0.25, 0.3) is 0 Å². The van der Waals surface area contributed by atoms with Crippen molar-refractivity contribution >= 4 is 52.1 Å². The molecule has 0 fully saturated rings. The summed E-state index contributed by atoms with van der Waals surface area (Å²) in [6.07, 6.45) is 5.53. The SMILES string of the molecule is CO/N=C1\CC(C)(C)Cc2c(-c3ccn(C(=O)Nc4ccc(Cl)cc4)n3)sc(SC)c21. The van der Waals surface area contributed by atoms with E-state index in [-0.39, 0.29) is 11.4 Å². The van der Waals surface area contributed by atoms with E-state index in [1.54, 1.807) is 60.7 Å². The molecule has 9 heteroatoms. The minimum atomic E-state index is -0.328. The largest absolute Gasteiger partial charge is 0.399 e. The van der Waals surface area contributed by atoms with Gasteiger partial charge >= 0.3 is 6.03 Å². The molecule has 1 amide bonds. The number of fused-ring (bicyclic) bond motifs is 1. The van der Waals surface area contributed by atoms with Gasteiger partial charge in [-0.25, -0.2) is 4.79 Å². The number of nitrogens with one attached hydrogen (secondary N) is 1. The molecule has 0 spiro atoms. The van der Waals surface area contributed by atoms with Crippen LogP contribution in [-0.2, 0) is 11.3 Å². The molecular formula is C22H23ClN4O2S2. The zero-order valence-electron chi connectivity index (χ0n) is 17.7. The zero-order chi connectivity index (χ0) is 22.2. The quantitative estimate of drug-likeness (QED) is 0.351. The maximum absolute atomic E-state index is 12.7. The number of thioether (sulfide) groups is 1. The monoisotopic (exact) mass is 474 g/mol. The third-order valence-corrected chi connectivity index (χ3v) is 7.70. The number of nitrogens with zero attached hydrogens (tertiary/aromatic N) is 3. The molecule has 0 aliphatic heterocycles. The van der Waals surface area contributed by atoms with Crippen LogP contribution in [0.4, 0.5) is 10.5 Å². The van der Waals surface area contributed by atoms with Crippen molar-refractivity contribution < 1.29 is 9.63 Å². The molecule has 1 aliphatic carbocycles. The second-order valence-electron chi connectivity index (χ2n) is 8.10. The summed E-state index contributed by atoms with van der Waals surface area (Å²) in [5.74, 6) is 0. The highest BCUT2D eigenvalue weighted by atomic mass is 35.5. The van der Waals surface area contributed by atoms with Crippen LogP contribution in [0.2, 0.25) is 5.02 Å². The van der Waals surface area contributed by atoms with Gasteiger partial charge in [-0.2, -0.15) is 9.78 Å². The third kappa shape index (κ3) is 4.51. The molecule has 1 aromatic carbocycles. The first-order valence-corrected chi connectivity index (χ1v) is 12.2. The second kappa shape index (κ2) is 8.68. The van der Waals surface area contributed by atoms with Crippen molar-refractivity contribution in [2.75, 3.05) is 18.7 Å². The van der Waals surface area contributed by atoms with Crippen molar-refractivity contribution in [3.05, 3.63) is 52.7 Å². The Labute approximate surface area is 194 Å². The summed E-state index contributed by atoms with van der Waals surface area (Å²) in [4.78, 5) is 18.9. The minimum absolute atomic E-state index is 0.0599. The summed E-state index contributed by atoms with van der Waals surface area (Å²) in [6, 6.07) is 8.52. The van der Waals surface area contributed by atoms with E-state index in [0.717, 1.165) is 34.7 Å². The number of aromatic nitrogens is 2. The maximum Gasteiger partial charge on any atom is 0.346 e. The van der Waals surface area contributed by atoms with E-state index in [2.05, 4.69) is 35.7 Å². The maximum atomic E-state index is 12.7. The number of hydrogen-bond acceptors (Lipinski definition) is 6. The number of carbonyl (C=O) groups is 1. The van der Waals surface area contributed by atoms with Crippen LogP contribution in [-0.4, -0.2) is 34.9 Å². The Kier molecular flexibility index (Phi) is 6.14. The highest BCUT2D eigenvalue weighted by Gasteiger charge is 2.36. The molecule has 3 aromatic rings. The summed E-state index contributed by atoms with van der Waals surface area (Å²) < 4.78 is 2.52. The van der Waals surface area contributed by atoms with Gasteiger partial charge in [0.05, 0.1) is 14.8 Å². The standard InChI is InChI=1S/C22H23ClN4O2S2/c1-22(2)11-15-18(17(12-22)26-29-3)20(30-4)31-19(15)16-9-10-27(25-16)21(28)24-14-7-5-13(23)6-8-14/h5-10H,11-12H2,1-4H3,(H,24,28)/b26-17+. The van der Waals surface area contributed by atoms with Crippen LogP contribution in [0.25, 0.3) is 10.6 Å². The Hall–Kier alpha value is -2.29. The predicted molar refractivity (Wildman–Crippen MR) is 129 cm³/mol. The normalized spacial score (nSPS) is 16.2. The van der Waals surface area contributed by atoms with Crippen LogP contribution >= 0.6 is 34.7 Å². The van der Waals surface area contributed by atoms with Crippen LogP contribution in [0.15, 0.2) is 45.9 Å². The highest BCUT2D eigenvalue weighted by Crippen LogP contribution is 2.48. The Morgan fingerprint density at radius 1 is 1.29 bits per heavy atom. The fraction of sp³-hybridized carbons (Fsp3) is 0.318. The molecule has 0 bridgehead atoms. The number of halogens is 1. The Bertz CT molecular complexity index is 1150. The first-order chi connectivity index (χ1) is 14.8. The molecule has 0 atom stereocenters. The number of carbonyl (C=O) groups excluding carboxylic acids is 1. The summed E-state index contributed by atoms with van der Waals surface area (Å²) in [7, 11) is 1.58. The van der Waals surface area contributed by atoms with Gasteiger partial charge in [0, 0.05) is 22.5 Å². The first-order valence-electron chi connectivity index (χ1n) is 9.74. The smallest absolute Gasteiger partial charge is 0.346 e. The van der Waals surface area contributed by atoms with E-state index in [1.807, 2.05) is 6.07 Å². The molecule has 4 rings (SSSR count). The Balaban J connectivity index is 1.68. The topological polar surface area (TPSA) is 68.5 Å². The number of benzene rings is 1. The van der Waals surface area contributed by atoms with E-state index >= 15 is 0 Å². The second-order valence-corrected chi connectivity index (χ2v) is 10.6. The van der Waals surface area contributed by atoms with Gasteiger partial charge in [-0.15, -0.1) is 23.1 Å². The fourth-order valence-corrected chi connectivity index (χ4v) is 5.99. The van der Waals surface area contributed by atoms with Crippen LogP contribution in [0, 0.1) is 5.41 Å². The van der Waals surface area contributed by atoms with Crippen LogP contribution < -0.4 is 5.32 Å². The van der Waals surface area contributed by atoms with Gasteiger partial charge in [-0.05, 0) is 60.4 Å². The molecule has 31 heavy (non-hydrogen) atoms. The number of thiophene rings is 1. The van der Waals surface area contributed by atoms with Gasteiger partial charge in [0.1, 0.15) is 12.8 Å². The summed E-state index contributed by atoms with van der Waals surface area (Å²) >= 11 is 9.31. The molecular weight excluding hydrogens is 452 g/mol. The molecule has 1 N–H and O–H groups in total. The van der Waals surface area contributed by atoms with Gasteiger partial charge in [0.2, 0.25) is 0 Å². The number of amides is 1. The van der Waals surface area contributed by atoms with Crippen molar-refractivity contribution in [2.24, 2.45) is 10.6 Å². The number of anilines is 1. The van der Waals surface area contributed by atoms with E-state index in [1.165, 1.54) is 14.5 Å². The molecule has 162 valence electrons. The molecule has 0 unspecified atom stereocenters. The van der Waals surface area contributed by atoms with Crippen LogP contribution in [0.5, 0.6) is 0 Å². The van der Waals surface area contributed by atoms with Crippen molar-refractivity contribution in [3.8, 4) is 10.6 Å². The highest BCUT2D eigenvalue weighted by molar-refractivity contribution is 8.00. The summed E-state index contributed by atoms with van der Waals surface area (Å²) in [5, 5.41) is 12.4. The molecule has 2 heterocycles. The lowest BCUT2D eigenvalue weighted by Gasteiger charge is -2.31. The van der Waals surface area contributed by atoms with E-state index in [0.29, 0.717) is 10.7 Å². The molecule has 0 saturated carbocycles. The number of rotatable bonds is 4. The summed E-state index contributed by atoms with van der Waals surface area (Å²) in [6.45, 7) is 4.47. The lowest BCUT2D eigenvalue weighted by Crippen LogP contribution is -2.27. The zero-order valence-corrected chi connectivity index (χ0v) is 20.1. The third-order valence-electron chi connectivity index (χ3n) is 5.08. The average Bonchev–Trinajstić information content (AvgIpc) is 3.34. The van der Waals surface area contributed by atoms with Gasteiger partial charge in [-0.1, -0.05) is 30.6 Å². The molecule has 2 aromatic heterocycles. The van der Waals surface area contributed by atoms with E-state index < -0.39 is 0 Å². The van der Waals surface area contributed by atoms with Crippen molar-refractivity contribution in [1.29, 1.82) is 0 Å². The Morgan fingerprint density at radius 2 is 2.03 bits per heavy atom. The average molecular weight is 475 g/mol. The van der Waals surface area contributed by atoms with Gasteiger partial charge in [0.15, 0.2) is 0 Å². The lowest BCUT2D eigenvalue weighted by atomic mass is 9.74. The first kappa shape index (κ1) is 21.9. The fourth-order valence-electron chi connectivity index (χ4n) is 3.80.